The number of nitrogens with zero attached hydrogens (tertiary/aromatic N) is 4. The first kappa shape index (κ1) is 25.3. The molecule has 0 amide bonds. The molecule has 2 aromatic heterocycles. The minimum Gasteiger partial charge on any atom is -0.457 e. The monoisotopic (exact) mass is 528 g/mol. The molecule has 0 bridgehead atoms. The molecule has 1 aromatic carbocycles. The fourth-order valence-electron chi connectivity index (χ4n) is 6.24. The Kier molecular flexibility index (Phi) is 6.04. The van der Waals surface area contributed by atoms with Crippen LogP contribution < -0.4 is 10.5 Å². The molecule has 0 aliphatic carbocycles. The first-order valence-electron chi connectivity index (χ1n) is 13.8. The number of esters is 2. The molecule has 5 heterocycles. The zero-order valence-electron chi connectivity index (χ0n) is 22.8. The molecule has 0 saturated carbocycles. The number of anilines is 1. The van der Waals surface area contributed by atoms with E-state index in [2.05, 4.69) is 18.7 Å². The van der Waals surface area contributed by atoms with Gasteiger partial charge >= 0.3 is 11.9 Å². The molecule has 1 atom stereocenters. The van der Waals surface area contributed by atoms with E-state index in [1.165, 1.54) is 6.92 Å². The molecule has 39 heavy (non-hydrogen) atoms. The van der Waals surface area contributed by atoms with Gasteiger partial charge in [0, 0.05) is 31.0 Å². The number of rotatable bonds is 7. The summed E-state index contributed by atoms with van der Waals surface area (Å²) in [5.74, 6) is -0.272. The summed E-state index contributed by atoms with van der Waals surface area (Å²) >= 11 is 0. The van der Waals surface area contributed by atoms with Crippen LogP contribution in [0.3, 0.4) is 0 Å². The lowest BCUT2D eigenvalue weighted by Gasteiger charge is -2.35. The summed E-state index contributed by atoms with van der Waals surface area (Å²) in [6.07, 6.45) is 4.18. The molecule has 0 unspecified atom stereocenters. The quantitative estimate of drug-likeness (QED) is 0.243. The third kappa shape index (κ3) is 3.62. The van der Waals surface area contributed by atoms with Gasteiger partial charge in [-0.1, -0.05) is 39.7 Å². The van der Waals surface area contributed by atoms with E-state index in [0.717, 1.165) is 65.9 Å². The van der Waals surface area contributed by atoms with Gasteiger partial charge in [-0.15, -0.1) is 0 Å². The molecule has 3 aliphatic rings. The van der Waals surface area contributed by atoms with E-state index in [0.29, 0.717) is 29.1 Å². The van der Waals surface area contributed by atoms with Gasteiger partial charge in [0.05, 0.1) is 45.8 Å². The van der Waals surface area contributed by atoms with E-state index in [1.54, 1.807) is 11.5 Å². The van der Waals surface area contributed by atoms with E-state index < -0.39 is 17.5 Å². The molecule has 0 fully saturated rings. The van der Waals surface area contributed by atoms with E-state index in [-0.39, 0.29) is 18.6 Å². The predicted octanol–water partition coefficient (Wildman–Crippen LogP) is 5.10. The Balaban J connectivity index is 1.61. The van der Waals surface area contributed by atoms with E-state index in [9.17, 15) is 14.4 Å². The van der Waals surface area contributed by atoms with E-state index in [1.807, 2.05) is 24.3 Å². The second-order valence-electron chi connectivity index (χ2n) is 10.4. The van der Waals surface area contributed by atoms with Gasteiger partial charge in [-0.25, -0.2) is 14.8 Å². The number of aromatic nitrogens is 2. The summed E-state index contributed by atoms with van der Waals surface area (Å²) in [6.45, 7) is 8.33. The van der Waals surface area contributed by atoms with Crippen LogP contribution in [0.2, 0.25) is 0 Å². The predicted molar refractivity (Wildman–Crippen MR) is 148 cm³/mol. The van der Waals surface area contributed by atoms with Gasteiger partial charge in [-0.05, 0) is 31.0 Å². The average Bonchev–Trinajstić information content (AvgIpc) is 3.30. The Morgan fingerprint density at radius 2 is 1.97 bits per heavy atom. The molecule has 0 spiro atoms. The van der Waals surface area contributed by atoms with Gasteiger partial charge < -0.3 is 18.9 Å². The van der Waals surface area contributed by atoms with Crippen molar-refractivity contribution in [1.82, 2.24) is 9.55 Å². The lowest BCUT2D eigenvalue weighted by molar-refractivity contribution is -0.188. The maximum absolute atomic E-state index is 13.9. The summed E-state index contributed by atoms with van der Waals surface area (Å²) in [5, 5.41) is 0.997. The smallest absolute Gasteiger partial charge is 0.355 e. The molecular formula is C30H32N4O5. The highest BCUT2D eigenvalue weighted by molar-refractivity contribution is 6.16. The van der Waals surface area contributed by atoms with Crippen LogP contribution in [0.5, 0.6) is 0 Å². The topological polar surface area (TPSA) is 103 Å². The Labute approximate surface area is 226 Å². The molecule has 0 radical (unpaired) electrons. The highest BCUT2D eigenvalue weighted by Gasteiger charge is 2.50. The number of carbonyl (C=O) groups is 2. The number of pyridine rings is 2. The number of benzene rings is 1. The first-order chi connectivity index (χ1) is 18.8. The van der Waals surface area contributed by atoms with Gasteiger partial charge in [-0.2, -0.15) is 0 Å². The van der Waals surface area contributed by atoms with Crippen molar-refractivity contribution in [3.63, 3.8) is 0 Å². The normalized spacial score (nSPS) is 18.8. The largest absolute Gasteiger partial charge is 0.457 e. The Hall–Kier alpha value is -4.01. The van der Waals surface area contributed by atoms with Gasteiger partial charge in [0.25, 0.3) is 5.56 Å². The lowest BCUT2D eigenvalue weighted by atomic mass is 9.85. The zero-order valence-corrected chi connectivity index (χ0v) is 22.8. The minimum atomic E-state index is -1.66. The summed E-state index contributed by atoms with van der Waals surface area (Å²) in [6, 6.07) is 7.76. The Bertz CT molecular complexity index is 1640. The second-order valence-corrected chi connectivity index (χ2v) is 10.4. The third-order valence-electron chi connectivity index (χ3n) is 8.08. The van der Waals surface area contributed by atoms with Crippen molar-refractivity contribution in [2.24, 2.45) is 4.99 Å². The molecule has 9 nitrogen and oxygen atoms in total. The van der Waals surface area contributed by atoms with Gasteiger partial charge in [0.1, 0.15) is 12.4 Å². The second kappa shape index (κ2) is 9.32. The molecule has 202 valence electrons. The first-order valence-corrected chi connectivity index (χ1v) is 13.8. The summed E-state index contributed by atoms with van der Waals surface area (Å²) in [5.41, 5.74) is 3.85. The Morgan fingerprint density at radius 1 is 1.15 bits per heavy atom. The van der Waals surface area contributed by atoms with E-state index in [4.69, 9.17) is 19.5 Å². The van der Waals surface area contributed by atoms with Crippen molar-refractivity contribution in [2.45, 2.75) is 78.6 Å². The van der Waals surface area contributed by atoms with Crippen molar-refractivity contribution in [3.8, 4) is 11.4 Å². The number of aliphatic imine (C=N–C) groups is 1. The van der Waals surface area contributed by atoms with Crippen LogP contribution in [0.25, 0.3) is 22.3 Å². The maximum atomic E-state index is 13.9. The van der Waals surface area contributed by atoms with Crippen molar-refractivity contribution in [1.29, 1.82) is 0 Å². The summed E-state index contributed by atoms with van der Waals surface area (Å²) < 4.78 is 12.7. The molecule has 6 rings (SSSR count). The fourth-order valence-corrected chi connectivity index (χ4v) is 6.24. The number of cyclic esters (lactones) is 1. The third-order valence-corrected chi connectivity index (χ3v) is 8.08. The van der Waals surface area contributed by atoms with Crippen molar-refractivity contribution in [3.05, 3.63) is 51.3 Å². The molecule has 9 heteroatoms. The standard InChI is InChI=1S/C30H32N4O5/c1-5-8-9-13-33-24(6-2)31-21-11-10-12-22-25(21)27(33)18-15-34-23(26(18)32-22)14-20-19(28(34)36)16-38-29(37)30(20,7-3)39-17(4)35/h10-12,14H,5-9,13,15-16H2,1-4H3/t30-/m0/s1. The number of hydrogen-bond donors (Lipinski definition) is 0. The van der Waals surface area contributed by atoms with Crippen LogP contribution in [0.15, 0.2) is 34.1 Å². The van der Waals surface area contributed by atoms with Crippen molar-refractivity contribution >= 4 is 40.1 Å². The molecule has 3 aromatic rings. The van der Waals surface area contributed by atoms with Gasteiger partial charge in [0.2, 0.25) is 5.60 Å². The van der Waals surface area contributed by atoms with Crippen LogP contribution in [-0.2, 0) is 37.8 Å². The molecular weight excluding hydrogens is 496 g/mol. The van der Waals surface area contributed by atoms with Crippen molar-refractivity contribution < 1.29 is 19.1 Å². The van der Waals surface area contributed by atoms with E-state index >= 15 is 0 Å². The number of ether oxygens (including phenoxy) is 2. The SMILES string of the molecule is CCCCCN1C(CC)=Nc2cccc3nc4c(c1c23)Cn1c-4cc2c(c1=O)COC(=O)[C@@]2(CC)OC(C)=O. The molecule has 0 saturated heterocycles. The highest BCUT2D eigenvalue weighted by atomic mass is 16.6. The summed E-state index contributed by atoms with van der Waals surface area (Å²) in [4.78, 5) is 51.4. The Morgan fingerprint density at radius 3 is 2.69 bits per heavy atom. The number of hydrogen-bond acceptors (Lipinski definition) is 8. The number of unbranched alkanes of at least 4 members (excludes halogenated alkanes) is 2. The molecule has 0 N–H and O–H groups in total. The van der Waals surface area contributed by atoms with Crippen LogP contribution >= 0.6 is 0 Å². The molecule has 3 aliphatic heterocycles. The fraction of sp³-hybridized carbons (Fsp3) is 0.433. The zero-order chi connectivity index (χ0) is 27.5. The number of carbonyl (C=O) groups excluding carboxylic acids is 2. The summed E-state index contributed by atoms with van der Waals surface area (Å²) in [7, 11) is 0. The highest BCUT2D eigenvalue weighted by Crippen LogP contribution is 2.47. The average molecular weight is 529 g/mol. The van der Waals surface area contributed by atoms with Crippen LogP contribution in [0.1, 0.15) is 76.5 Å². The number of amidine groups is 1. The van der Waals surface area contributed by atoms with Crippen LogP contribution in [0.4, 0.5) is 11.4 Å². The maximum Gasteiger partial charge on any atom is 0.355 e. The number of fused-ring (bicyclic) bond motifs is 5. The van der Waals surface area contributed by atoms with Crippen LogP contribution in [0, 0.1) is 0 Å². The van der Waals surface area contributed by atoms with Gasteiger partial charge in [-0.3, -0.25) is 9.59 Å². The van der Waals surface area contributed by atoms with Crippen molar-refractivity contribution in [2.75, 3.05) is 11.4 Å². The van der Waals surface area contributed by atoms with Crippen LogP contribution in [-0.4, -0.2) is 33.9 Å². The minimum absolute atomic E-state index is 0.148. The van der Waals surface area contributed by atoms with Gasteiger partial charge in [0.15, 0.2) is 0 Å². The lowest BCUT2D eigenvalue weighted by Crippen LogP contribution is -2.47.